The van der Waals surface area contributed by atoms with Crippen molar-refractivity contribution in [3.63, 3.8) is 0 Å². The van der Waals surface area contributed by atoms with Gasteiger partial charge in [-0.05, 0) is 18.8 Å². The molecule has 114 valence electrons. The largest absolute Gasteiger partial charge is 0.353 e. The van der Waals surface area contributed by atoms with Gasteiger partial charge in [-0.2, -0.15) is 0 Å². The van der Waals surface area contributed by atoms with Gasteiger partial charge in [-0.15, -0.1) is 10.2 Å². The Hall–Kier alpha value is -1.72. The van der Waals surface area contributed by atoms with Gasteiger partial charge in [0, 0.05) is 30.9 Å². The molecule has 2 aromatic heterocycles. The fourth-order valence-electron chi connectivity index (χ4n) is 2.85. The normalized spacial score (nSPS) is 17.6. The van der Waals surface area contributed by atoms with Gasteiger partial charge >= 0.3 is 0 Å². The molecule has 0 aliphatic carbocycles. The zero-order valence-corrected chi connectivity index (χ0v) is 12.9. The molecule has 1 saturated heterocycles. The van der Waals surface area contributed by atoms with Crippen LogP contribution < -0.4 is 4.90 Å². The zero-order valence-electron chi connectivity index (χ0n) is 12.9. The fraction of sp³-hybridized carbons (Fsp3) is 0.667. The molecular weight excluding hydrogens is 269 g/mol. The Morgan fingerprint density at radius 2 is 1.95 bits per heavy atom. The third-order valence-electron chi connectivity index (χ3n) is 4.11. The number of halogens is 1. The monoisotopic (exact) mass is 291 g/mol. The van der Waals surface area contributed by atoms with Crippen LogP contribution in [-0.2, 0) is 5.41 Å². The first-order valence-electron chi connectivity index (χ1n) is 7.52. The van der Waals surface area contributed by atoms with E-state index in [1.54, 1.807) is 6.20 Å². The van der Waals surface area contributed by atoms with E-state index in [0.717, 1.165) is 43.2 Å². The summed E-state index contributed by atoms with van der Waals surface area (Å²) < 4.78 is 14.8. The first-order chi connectivity index (χ1) is 10.0. The number of anilines is 1. The molecule has 0 radical (unpaired) electrons. The fourth-order valence-corrected chi connectivity index (χ4v) is 2.85. The van der Waals surface area contributed by atoms with Crippen LogP contribution in [0, 0.1) is 5.92 Å². The average molecular weight is 291 g/mol. The minimum absolute atomic E-state index is 0.0702. The van der Waals surface area contributed by atoms with Gasteiger partial charge in [0.2, 0.25) is 5.65 Å². The first-order valence-corrected chi connectivity index (χ1v) is 7.52. The van der Waals surface area contributed by atoms with Crippen molar-refractivity contribution in [2.75, 3.05) is 24.7 Å². The Morgan fingerprint density at radius 1 is 1.24 bits per heavy atom. The van der Waals surface area contributed by atoms with Crippen LogP contribution in [0.15, 0.2) is 12.4 Å². The van der Waals surface area contributed by atoms with Crippen LogP contribution in [0.25, 0.3) is 5.65 Å². The predicted molar refractivity (Wildman–Crippen MR) is 80.4 cm³/mol. The van der Waals surface area contributed by atoms with Gasteiger partial charge in [0.05, 0.1) is 6.67 Å². The first kappa shape index (κ1) is 14.2. The molecule has 0 spiro atoms. The van der Waals surface area contributed by atoms with E-state index in [4.69, 9.17) is 0 Å². The molecule has 1 fully saturated rings. The van der Waals surface area contributed by atoms with Crippen LogP contribution in [0.4, 0.5) is 10.2 Å². The van der Waals surface area contributed by atoms with Gasteiger partial charge in [0.25, 0.3) is 0 Å². The van der Waals surface area contributed by atoms with E-state index in [0.29, 0.717) is 0 Å². The molecule has 0 amide bonds. The summed E-state index contributed by atoms with van der Waals surface area (Å²) in [7, 11) is 0. The summed E-state index contributed by atoms with van der Waals surface area (Å²) in [5.74, 6) is 1.99. The van der Waals surface area contributed by atoms with Crippen molar-refractivity contribution in [2.45, 2.75) is 39.0 Å². The molecular formula is C15H22FN5. The predicted octanol–water partition coefficient (Wildman–Crippen LogP) is 2.61. The van der Waals surface area contributed by atoms with Crippen molar-refractivity contribution >= 4 is 11.5 Å². The Balaban J connectivity index is 1.95. The minimum Gasteiger partial charge on any atom is -0.353 e. The summed E-state index contributed by atoms with van der Waals surface area (Å²) in [5, 5.41) is 8.67. The quantitative estimate of drug-likeness (QED) is 0.853. The summed E-state index contributed by atoms with van der Waals surface area (Å²) in [6, 6.07) is 0. The molecule has 0 unspecified atom stereocenters. The smallest absolute Gasteiger partial charge is 0.203 e. The molecule has 3 heterocycles. The van der Waals surface area contributed by atoms with E-state index >= 15 is 0 Å². The van der Waals surface area contributed by atoms with Crippen LogP contribution in [-0.4, -0.2) is 39.3 Å². The Bertz CT molecular complexity index is 623. The van der Waals surface area contributed by atoms with Crippen molar-refractivity contribution in [3.05, 3.63) is 18.2 Å². The molecule has 1 aliphatic rings. The van der Waals surface area contributed by atoms with Gasteiger partial charge in [0.15, 0.2) is 5.82 Å². The molecule has 0 saturated carbocycles. The van der Waals surface area contributed by atoms with Crippen molar-refractivity contribution < 1.29 is 4.39 Å². The van der Waals surface area contributed by atoms with Crippen molar-refractivity contribution in [1.82, 2.24) is 19.6 Å². The topological polar surface area (TPSA) is 46.3 Å². The van der Waals surface area contributed by atoms with Crippen LogP contribution in [0.2, 0.25) is 0 Å². The SMILES string of the molecule is CC(C)(C)c1nnc2c(N3CCC(CF)CC3)nccn12. The molecule has 0 aromatic carbocycles. The van der Waals surface area contributed by atoms with Crippen molar-refractivity contribution in [2.24, 2.45) is 5.92 Å². The molecule has 5 nitrogen and oxygen atoms in total. The zero-order chi connectivity index (χ0) is 15.0. The van der Waals surface area contributed by atoms with E-state index < -0.39 is 0 Å². The third kappa shape index (κ3) is 2.59. The number of fused-ring (bicyclic) bond motifs is 1. The Morgan fingerprint density at radius 3 is 2.57 bits per heavy atom. The van der Waals surface area contributed by atoms with Crippen LogP contribution >= 0.6 is 0 Å². The lowest BCUT2D eigenvalue weighted by Crippen LogP contribution is -2.35. The number of alkyl halides is 1. The van der Waals surface area contributed by atoms with Gasteiger partial charge in [0.1, 0.15) is 5.82 Å². The second kappa shape index (κ2) is 5.24. The number of nitrogens with zero attached hydrogens (tertiary/aromatic N) is 5. The summed E-state index contributed by atoms with van der Waals surface area (Å²) >= 11 is 0. The molecule has 1 aliphatic heterocycles. The number of piperidine rings is 1. The third-order valence-corrected chi connectivity index (χ3v) is 4.11. The molecule has 0 atom stereocenters. The van der Waals surface area contributed by atoms with E-state index in [1.807, 2.05) is 10.6 Å². The average Bonchev–Trinajstić information content (AvgIpc) is 2.91. The van der Waals surface area contributed by atoms with E-state index in [9.17, 15) is 4.39 Å². The number of hydrogen-bond donors (Lipinski definition) is 0. The summed E-state index contributed by atoms with van der Waals surface area (Å²) in [6.45, 7) is 7.81. The van der Waals surface area contributed by atoms with E-state index in [-0.39, 0.29) is 18.0 Å². The maximum atomic E-state index is 12.7. The molecule has 2 aromatic rings. The molecule has 0 bridgehead atoms. The minimum atomic E-state index is -0.218. The van der Waals surface area contributed by atoms with Gasteiger partial charge < -0.3 is 4.90 Å². The van der Waals surface area contributed by atoms with E-state index in [2.05, 4.69) is 40.9 Å². The van der Waals surface area contributed by atoms with Crippen LogP contribution in [0.3, 0.4) is 0 Å². The molecule has 6 heteroatoms. The highest BCUT2D eigenvalue weighted by atomic mass is 19.1. The van der Waals surface area contributed by atoms with Crippen molar-refractivity contribution in [1.29, 1.82) is 0 Å². The maximum absolute atomic E-state index is 12.7. The summed E-state index contributed by atoms with van der Waals surface area (Å²) in [4.78, 5) is 6.68. The summed E-state index contributed by atoms with van der Waals surface area (Å²) in [6.07, 6.45) is 5.45. The highest BCUT2D eigenvalue weighted by molar-refractivity contribution is 5.64. The van der Waals surface area contributed by atoms with Gasteiger partial charge in [-0.1, -0.05) is 20.8 Å². The number of hydrogen-bond acceptors (Lipinski definition) is 4. The van der Waals surface area contributed by atoms with Crippen LogP contribution in [0.5, 0.6) is 0 Å². The lowest BCUT2D eigenvalue weighted by atomic mass is 9.96. The lowest BCUT2D eigenvalue weighted by Gasteiger charge is -2.31. The highest BCUT2D eigenvalue weighted by Gasteiger charge is 2.25. The summed E-state index contributed by atoms with van der Waals surface area (Å²) in [5.41, 5.74) is 0.723. The molecule has 0 N–H and O–H groups in total. The maximum Gasteiger partial charge on any atom is 0.203 e. The second-order valence-electron chi connectivity index (χ2n) is 6.80. The second-order valence-corrected chi connectivity index (χ2v) is 6.80. The Kier molecular flexibility index (Phi) is 3.55. The van der Waals surface area contributed by atoms with E-state index in [1.165, 1.54) is 0 Å². The molecule has 21 heavy (non-hydrogen) atoms. The van der Waals surface area contributed by atoms with Crippen molar-refractivity contribution in [3.8, 4) is 0 Å². The standard InChI is InChI=1S/C15H22FN5/c1-15(2,3)14-19-18-13-12(17-6-9-21(13)14)20-7-4-11(10-16)5-8-20/h6,9,11H,4-5,7-8,10H2,1-3H3. The number of rotatable bonds is 2. The lowest BCUT2D eigenvalue weighted by molar-refractivity contribution is 0.307. The number of aromatic nitrogens is 4. The van der Waals surface area contributed by atoms with Gasteiger partial charge in [-0.25, -0.2) is 4.98 Å². The van der Waals surface area contributed by atoms with Gasteiger partial charge in [-0.3, -0.25) is 8.79 Å². The molecule has 3 rings (SSSR count). The highest BCUT2D eigenvalue weighted by Crippen LogP contribution is 2.27. The Labute approximate surface area is 124 Å². The van der Waals surface area contributed by atoms with Crippen LogP contribution in [0.1, 0.15) is 39.4 Å².